The maximum Gasteiger partial charge on any atom is 0.269 e. The van der Waals surface area contributed by atoms with Crippen LogP contribution in [0.2, 0.25) is 0 Å². The van der Waals surface area contributed by atoms with Gasteiger partial charge in [0.25, 0.3) is 11.6 Å². The second kappa shape index (κ2) is 8.96. The van der Waals surface area contributed by atoms with E-state index in [4.69, 9.17) is 9.47 Å². The highest BCUT2D eigenvalue weighted by Gasteiger charge is 2.10. The maximum atomic E-state index is 12.1. The molecule has 1 aromatic heterocycles. The van der Waals surface area contributed by atoms with E-state index in [0.717, 1.165) is 11.3 Å². The lowest BCUT2D eigenvalue weighted by atomic mass is 10.1. The molecule has 0 saturated carbocycles. The number of hydrogen-bond donors (Lipinski definition) is 1. The quantitative estimate of drug-likeness (QED) is 0.451. The van der Waals surface area contributed by atoms with E-state index < -0.39 is 4.92 Å². The molecule has 9 heteroatoms. The van der Waals surface area contributed by atoms with Gasteiger partial charge in [0.15, 0.2) is 11.7 Å². The van der Waals surface area contributed by atoms with E-state index in [2.05, 4.69) is 10.3 Å². The van der Waals surface area contributed by atoms with Gasteiger partial charge in [-0.2, -0.15) is 0 Å². The summed E-state index contributed by atoms with van der Waals surface area (Å²) in [6.07, 6.45) is 0. The molecule has 2 aromatic carbocycles. The highest BCUT2D eigenvalue weighted by molar-refractivity contribution is 7.14. The van der Waals surface area contributed by atoms with Gasteiger partial charge in [-0.05, 0) is 43.3 Å². The van der Waals surface area contributed by atoms with Crippen LogP contribution in [0.15, 0.2) is 53.9 Å². The second-order valence-electron chi connectivity index (χ2n) is 5.58. The van der Waals surface area contributed by atoms with Crippen molar-refractivity contribution in [3.05, 3.63) is 64.0 Å². The van der Waals surface area contributed by atoms with Gasteiger partial charge in [-0.1, -0.05) is 0 Å². The average Bonchev–Trinajstić information content (AvgIpc) is 3.16. The summed E-state index contributed by atoms with van der Waals surface area (Å²) in [5.74, 6) is 0.962. The van der Waals surface area contributed by atoms with Crippen LogP contribution in [0.1, 0.15) is 6.92 Å². The predicted octanol–water partition coefficient (Wildman–Crippen LogP) is 4.13. The number of nitrogens with one attached hydrogen (secondary N) is 1. The Labute approximate surface area is 164 Å². The van der Waals surface area contributed by atoms with Gasteiger partial charge in [0.1, 0.15) is 11.5 Å². The van der Waals surface area contributed by atoms with Gasteiger partial charge in [-0.3, -0.25) is 20.2 Å². The minimum absolute atomic E-state index is 0.0129. The van der Waals surface area contributed by atoms with Gasteiger partial charge in [0.05, 0.1) is 17.2 Å². The summed E-state index contributed by atoms with van der Waals surface area (Å²) in [7, 11) is 0. The molecule has 0 saturated heterocycles. The number of carbonyl (C=O) groups excluding carboxylic acids is 1. The first kappa shape index (κ1) is 19.3. The van der Waals surface area contributed by atoms with Gasteiger partial charge in [-0.25, -0.2) is 4.98 Å². The Balaban J connectivity index is 1.54. The molecule has 0 atom stereocenters. The molecule has 28 heavy (non-hydrogen) atoms. The van der Waals surface area contributed by atoms with Crippen molar-refractivity contribution in [2.24, 2.45) is 0 Å². The van der Waals surface area contributed by atoms with Crippen molar-refractivity contribution in [2.45, 2.75) is 6.92 Å². The fraction of sp³-hybridized carbons (Fsp3) is 0.158. The van der Waals surface area contributed by atoms with E-state index in [9.17, 15) is 14.9 Å². The zero-order valence-electron chi connectivity index (χ0n) is 15.0. The van der Waals surface area contributed by atoms with Crippen LogP contribution in [-0.2, 0) is 4.79 Å². The molecule has 1 heterocycles. The fourth-order valence-corrected chi connectivity index (χ4v) is 3.06. The molecule has 0 fully saturated rings. The van der Waals surface area contributed by atoms with E-state index in [1.54, 1.807) is 41.8 Å². The minimum atomic E-state index is -0.457. The molecule has 3 rings (SSSR count). The molecule has 0 aliphatic rings. The predicted molar refractivity (Wildman–Crippen MR) is 106 cm³/mol. The first-order chi connectivity index (χ1) is 13.5. The molecule has 0 aliphatic heterocycles. The molecule has 144 valence electrons. The number of non-ortho nitro benzene ring substituents is 1. The number of aromatic nitrogens is 1. The summed E-state index contributed by atoms with van der Waals surface area (Å²) in [5.41, 5.74) is 1.37. The number of rotatable bonds is 8. The number of hydrogen-bond acceptors (Lipinski definition) is 7. The van der Waals surface area contributed by atoms with E-state index in [0.29, 0.717) is 23.2 Å². The molecular formula is C19H17N3O5S. The van der Waals surface area contributed by atoms with Gasteiger partial charge < -0.3 is 9.47 Å². The molecule has 0 radical (unpaired) electrons. The highest BCUT2D eigenvalue weighted by atomic mass is 32.1. The number of benzene rings is 2. The zero-order chi connectivity index (χ0) is 19.9. The summed E-state index contributed by atoms with van der Waals surface area (Å²) < 4.78 is 10.8. The Morgan fingerprint density at radius 1 is 1.11 bits per heavy atom. The standard InChI is InChI=1S/C19H17N3O5S/c1-2-26-15-7-9-16(10-8-15)27-11-18(23)21-19-20-17(12-28-19)13-3-5-14(6-4-13)22(24)25/h3-10,12H,2,11H2,1H3,(H,20,21,23). The Morgan fingerprint density at radius 2 is 1.75 bits per heavy atom. The molecule has 0 unspecified atom stereocenters. The Morgan fingerprint density at radius 3 is 2.36 bits per heavy atom. The Kier molecular flexibility index (Phi) is 6.18. The molecule has 0 aliphatic carbocycles. The fourth-order valence-electron chi connectivity index (χ4n) is 2.32. The van der Waals surface area contributed by atoms with Crippen molar-refractivity contribution in [3.8, 4) is 22.8 Å². The largest absolute Gasteiger partial charge is 0.494 e. The maximum absolute atomic E-state index is 12.1. The van der Waals surface area contributed by atoms with E-state index >= 15 is 0 Å². The normalized spacial score (nSPS) is 10.3. The van der Waals surface area contributed by atoms with Crippen molar-refractivity contribution < 1.29 is 19.2 Å². The van der Waals surface area contributed by atoms with Gasteiger partial charge >= 0.3 is 0 Å². The van der Waals surface area contributed by atoms with Crippen LogP contribution >= 0.6 is 11.3 Å². The van der Waals surface area contributed by atoms with Gasteiger partial charge in [0, 0.05) is 23.1 Å². The number of amides is 1. The van der Waals surface area contributed by atoms with Crippen LogP contribution < -0.4 is 14.8 Å². The highest BCUT2D eigenvalue weighted by Crippen LogP contribution is 2.26. The number of thiazole rings is 1. The first-order valence-electron chi connectivity index (χ1n) is 8.41. The van der Waals surface area contributed by atoms with Crippen LogP contribution in [0, 0.1) is 10.1 Å². The molecule has 1 N–H and O–H groups in total. The number of nitro groups is 1. The van der Waals surface area contributed by atoms with Gasteiger partial charge in [-0.15, -0.1) is 11.3 Å². The average molecular weight is 399 g/mol. The molecule has 1 amide bonds. The van der Waals surface area contributed by atoms with E-state index in [1.165, 1.54) is 23.5 Å². The van der Waals surface area contributed by atoms with E-state index in [1.807, 2.05) is 6.92 Å². The number of carbonyl (C=O) groups is 1. The van der Waals surface area contributed by atoms with Crippen molar-refractivity contribution in [3.63, 3.8) is 0 Å². The van der Waals surface area contributed by atoms with E-state index in [-0.39, 0.29) is 18.2 Å². The third-order valence-electron chi connectivity index (χ3n) is 3.63. The zero-order valence-corrected chi connectivity index (χ0v) is 15.8. The number of ether oxygens (including phenoxy) is 2. The summed E-state index contributed by atoms with van der Waals surface area (Å²) in [6, 6.07) is 13.1. The van der Waals surface area contributed by atoms with Crippen molar-refractivity contribution in [1.82, 2.24) is 4.98 Å². The number of nitrogens with zero attached hydrogens (tertiary/aromatic N) is 2. The Hall–Kier alpha value is -3.46. The molecule has 0 spiro atoms. The SMILES string of the molecule is CCOc1ccc(OCC(=O)Nc2nc(-c3ccc([N+](=O)[O-])cc3)cs2)cc1. The molecule has 0 bridgehead atoms. The van der Waals surface area contributed by atoms with Crippen LogP contribution in [0.3, 0.4) is 0 Å². The van der Waals surface area contributed by atoms with Crippen molar-refractivity contribution >= 4 is 28.1 Å². The van der Waals surface area contributed by atoms with Crippen LogP contribution in [-0.4, -0.2) is 29.0 Å². The van der Waals surface area contributed by atoms with Gasteiger partial charge in [0.2, 0.25) is 0 Å². The lowest BCUT2D eigenvalue weighted by Gasteiger charge is -2.07. The lowest BCUT2D eigenvalue weighted by Crippen LogP contribution is -2.20. The molecule has 8 nitrogen and oxygen atoms in total. The number of nitro benzene ring substituents is 1. The topological polar surface area (TPSA) is 104 Å². The monoisotopic (exact) mass is 399 g/mol. The number of anilines is 1. The minimum Gasteiger partial charge on any atom is -0.494 e. The Bertz CT molecular complexity index is 954. The lowest BCUT2D eigenvalue weighted by molar-refractivity contribution is -0.384. The van der Waals surface area contributed by atoms with Crippen molar-refractivity contribution in [2.75, 3.05) is 18.5 Å². The summed E-state index contributed by atoms with van der Waals surface area (Å²) in [4.78, 5) is 26.6. The second-order valence-corrected chi connectivity index (χ2v) is 6.44. The molecule has 3 aromatic rings. The summed E-state index contributed by atoms with van der Waals surface area (Å²) in [6.45, 7) is 2.33. The summed E-state index contributed by atoms with van der Waals surface area (Å²) >= 11 is 1.26. The third kappa shape index (κ3) is 5.04. The van der Waals surface area contributed by atoms with Crippen LogP contribution in [0.4, 0.5) is 10.8 Å². The molecular weight excluding hydrogens is 382 g/mol. The summed E-state index contributed by atoms with van der Waals surface area (Å²) in [5, 5.41) is 15.6. The third-order valence-corrected chi connectivity index (χ3v) is 4.39. The van der Waals surface area contributed by atoms with Crippen LogP contribution in [0.25, 0.3) is 11.3 Å². The smallest absolute Gasteiger partial charge is 0.269 e. The van der Waals surface area contributed by atoms with Crippen molar-refractivity contribution in [1.29, 1.82) is 0 Å². The van der Waals surface area contributed by atoms with Crippen LogP contribution in [0.5, 0.6) is 11.5 Å². The first-order valence-corrected chi connectivity index (χ1v) is 9.29.